The Bertz CT molecular complexity index is 362. The van der Waals surface area contributed by atoms with E-state index < -0.39 is 0 Å². The van der Waals surface area contributed by atoms with Crippen LogP contribution in [-0.2, 0) is 0 Å². The van der Waals surface area contributed by atoms with E-state index in [1.165, 1.54) is 0 Å². The molecule has 76 valence electrons. The predicted octanol–water partition coefficient (Wildman–Crippen LogP) is 3.26. The van der Waals surface area contributed by atoms with Crippen LogP contribution >= 0.6 is 15.9 Å². The Balaban J connectivity index is 2.38. The molecule has 14 heavy (non-hydrogen) atoms. The second-order valence-electron chi connectivity index (χ2n) is 4.45. The van der Waals surface area contributed by atoms with Crippen molar-refractivity contribution in [3.63, 3.8) is 0 Å². The molecule has 1 aromatic rings. The van der Waals surface area contributed by atoms with Crippen molar-refractivity contribution in [3.8, 4) is 0 Å². The van der Waals surface area contributed by atoms with Gasteiger partial charge in [-0.05, 0) is 27.4 Å². The normalized spacial score (nSPS) is 24.4. The lowest BCUT2D eigenvalue weighted by molar-refractivity contribution is 0.125. The van der Waals surface area contributed by atoms with Gasteiger partial charge in [-0.2, -0.15) is 0 Å². The molecular weight excluding hydrogens is 245 g/mol. The summed E-state index contributed by atoms with van der Waals surface area (Å²) < 4.78 is 14.3. The van der Waals surface area contributed by atoms with Crippen LogP contribution in [0.25, 0.3) is 0 Å². The lowest BCUT2D eigenvalue weighted by Crippen LogP contribution is -2.52. The summed E-state index contributed by atoms with van der Waals surface area (Å²) in [6.45, 7) is 5.24. The summed E-state index contributed by atoms with van der Waals surface area (Å²) in [5.74, 6) is -0.141. The van der Waals surface area contributed by atoms with Crippen LogP contribution in [0.2, 0.25) is 0 Å². The maximum atomic E-state index is 13.7. The smallest absolute Gasteiger partial charge is 0.142 e. The highest BCUT2D eigenvalue weighted by Crippen LogP contribution is 2.41. The molecule has 1 fully saturated rings. The van der Waals surface area contributed by atoms with E-state index in [4.69, 9.17) is 0 Å². The van der Waals surface area contributed by atoms with Gasteiger partial charge in [-0.3, -0.25) is 0 Å². The molecule has 0 saturated carbocycles. The Kier molecular flexibility index (Phi) is 2.40. The fraction of sp³-hybridized carbons (Fsp3) is 0.455. The molecule has 1 aliphatic rings. The lowest BCUT2D eigenvalue weighted by atomic mass is 9.74. The predicted molar refractivity (Wildman–Crippen MR) is 58.6 cm³/mol. The molecular formula is C11H13BrFN. The summed E-state index contributed by atoms with van der Waals surface area (Å²) in [5.41, 5.74) is 0.914. The van der Waals surface area contributed by atoms with Crippen LogP contribution in [0, 0.1) is 11.2 Å². The second kappa shape index (κ2) is 3.31. The van der Waals surface area contributed by atoms with Crippen LogP contribution in [0.4, 0.5) is 4.39 Å². The third kappa shape index (κ3) is 1.48. The molecule has 1 aromatic carbocycles. The van der Waals surface area contributed by atoms with Crippen molar-refractivity contribution >= 4 is 15.9 Å². The number of hydrogen-bond acceptors (Lipinski definition) is 1. The number of hydrogen-bond donors (Lipinski definition) is 1. The standard InChI is InChI=1S/C11H13BrFN/c1-11(2)6-14-10(11)7-4-3-5-8(12)9(7)13/h3-5,10,14H,6H2,1-2H3. The van der Waals surface area contributed by atoms with Gasteiger partial charge >= 0.3 is 0 Å². The van der Waals surface area contributed by atoms with E-state index in [1.54, 1.807) is 6.07 Å². The molecule has 1 atom stereocenters. The molecule has 3 heteroatoms. The molecule has 1 unspecified atom stereocenters. The molecule has 0 spiro atoms. The molecule has 0 amide bonds. The minimum Gasteiger partial charge on any atom is -0.309 e. The molecule has 0 aliphatic carbocycles. The molecule has 1 nitrogen and oxygen atoms in total. The van der Waals surface area contributed by atoms with E-state index in [0.717, 1.165) is 12.1 Å². The summed E-state index contributed by atoms with van der Waals surface area (Å²) in [5, 5.41) is 3.26. The van der Waals surface area contributed by atoms with Crippen LogP contribution < -0.4 is 5.32 Å². The van der Waals surface area contributed by atoms with Gasteiger partial charge in [0.1, 0.15) is 5.82 Å². The van der Waals surface area contributed by atoms with Crippen LogP contribution in [-0.4, -0.2) is 6.54 Å². The average Bonchev–Trinajstić information content (AvgIpc) is 2.11. The van der Waals surface area contributed by atoms with Gasteiger partial charge in [-0.1, -0.05) is 26.0 Å². The highest BCUT2D eigenvalue weighted by Gasteiger charge is 2.40. The van der Waals surface area contributed by atoms with E-state index in [-0.39, 0.29) is 17.3 Å². The van der Waals surface area contributed by atoms with Gasteiger partial charge in [0, 0.05) is 18.2 Å². The van der Waals surface area contributed by atoms with Crippen molar-refractivity contribution < 1.29 is 4.39 Å². The fourth-order valence-corrected chi connectivity index (χ4v) is 2.27. The van der Waals surface area contributed by atoms with Gasteiger partial charge in [-0.25, -0.2) is 4.39 Å². The van der Waals surface area contributed by atoms with E-state index in [1.807, 2.05) is 12.1 Å². The van der Waals surface area contributed by atoms with Crippen molar-refractivity contribution in [2.45, 2.75) is 19.9 Å². The van der Waals surface area contributed by atoms with E-state index in [9.17, 15) is 4.39 Å². The first-order valence-corrected chi connectivity index (χ1v) is 5.49. The molecule has 0 bridgehead atoms. The lowest BCUT2D eigenvalue weighted by Gasteiger charge is -2.46. The van der Waals surface area contributed by atoms with Gasteiger partial charge < -0.3 is 5.32 Å². The van der Waals surface area contributed by atoms with Crippen LogP contribution in [0.15, 0.2) is 22.7 Å². The first-order valence-electron chi connectivity index (χ1n) is 4.70. The highest BCUT2D eigenvalue weighted by molar-refractivity contribution is 9.10. The third-order valence-electron chi connectivity index (χ3n) is 2.84. The maximum absolute atomic E-state index is 13.7. The number of benzene rings is 1. The third-order valence-corrected chi connectivity index (χ3v) is 3.45. The number of nitrogens with one attached hydrogen (secondary N) is 1. The van der Waals surface area contributed by atoms with Crippen molar-refractivity contribution in [2.75, 3.05) is 6.54 Å². The maximum Gasteiger partial charge on any atom is 0.142 e. The van der Waals surface area contributed by atoms with E-state index in [0.29, 0.717) is 4.47 Å². The Hall–Kier alpha value is -0.410. The Morgan fingerprint density at radius 3 is 2.71 bits per heavy atom. The quantitative estimate of drug-likeness (QED) is 0.815. The van der Waals surface area contributed by atoms with Crippen LogP contribution in [0.5, 0.6) is 0 Å². The largest absolute Gasteiger partial charge is 0.309 e. The summed E-state index contributed by atoms with van der Waals surface area (Å²) in [6.07, 6.45) is 0. The topological polar surface area (TPSA) is 12.0 Å². The second-order valence-corrected chi connectivity index (χ2v) is 5.30. The Morgan fingerprint density at radius 1 is 1.50 bits per heavy atom. The van der Waals surface area contributed by atoms with E-state index in [2.05, 4.69) is 35.1 Å². The first kappa shape index (κ1) is 10.1. The summed E-state index contributed by atoms with van der Waals surface area (Å²) >= 11 is 3.20. The summed E-state index contributed by atoms with van der Waals surface area (Å²) in [4.78, 5) is 0. The minimum absolute atomic E-state index is 0.139. The molecule has 1 saturated heterocycles. The van der Waals surface area contributed by atoms with Crippen molar-refractivity contribution in [1.29, 1.82) is 0 Å². The first-order chi connectivity index (χ1) is 6.52. The van der Waals surface area contributed by atoms with Crippen molar-refractivity contribution in [1.82, 2.24) is 5.32 Å². The minimum atomic E-state index is -0.141. The van der Waals surface area contributed by atoms with Crippen molar-refractivity contribution in [3.05, 3.63) is 34.1 Å². The van der Waals surface area contributed by atoms with Crippen LogP contribution in [0.3, 0.4) is 0 Å². The van der Waals surface area contributed by atoms with Gasteiger partial charge in [0.05, 0.1) is 4.47 Å². The summed E-state index contributed by atoms with van der Waals surface area (Å²) in [7, 11) is 0. The zero-order chi connectivity index (χ0) is 10.3. The van der Waals surface area contributed by atoms with Crippen molar-refractivity contribution in [2.24, 2.45) is 5.41 Å². The van der Waals surface area contributed by atoms with Gasteiger partial charge in [-0.15, -0.1) is 0 Å². The molecule has 0 radical (unpaired) electrons. The highest BCUT2D eigenvalue weighted by atomic mass is 79.9. The molecule has 1 N–H and O–H groups in total. The Morgan fingerprint density at radius 2 is 2.21 bits per heavy atom. The molecule has 1 aliphatic heterocycles. The zero-order valence-electron chi connectivity index (χ0n) is 8.27. The van der Waals surface area contributed by atoms with Gasteiger partial charge in [0.25, 0.3) is 0 Å². The molecule has 0 aromatic heterocycles. The average molecular weight is 258 g/mol. The number of halogens is 2. The number of rotatable bonds is 1. The monoisotopic (exact) mass is 257 g/mol. The fourth-order valence-electron chi connectivity index (χ4n) is 1.89. The SMILES string of the molecule is CC1(C)CNC1c1cccc(Br)c1F. The zero-order valence-corrected chi connectivity index (χ0v) is 9.86. The molecule has 2 rings (SSSR count). The van der Waals surface area contributed by atoms with Gasteiger partial charge in [0.15, 0.2) is 0 Å². The van der Waals surface area contributed by atoms with E-state index >= 15 is 0 Å². The molecule has 1 heterocycles. The van der Waals surface area contributed by atoms with Crippen LogP contribution in [0.1, 0.15) is 25.5 Å². The summed E-state index contributed by atoms with van der Waals surface area (Å²) in [6, 6.07) is 5.59. The Labute approximate surface area is 91.8 Å². The van der Waals surface area contributed by atoms with Gasteiger partial charge in [0.2, 0.25) is 0 Å².